The van der Waals surface area contributed by atoms with E-state index < -0.39 is 23.9 Å². The minimum Gasteiger partial charge on any atom is -0.392 e. The van der Waals surface area contributed by atoms with Crippen LogP contribution in [0.2, 0.25) is 5.02 Å². The average molecular weight is 426 g/mol. The van der Waals surface area contributed by atoms with Crippen molar-refractivity contribution in [2.75, 3.05) is 11.9 Å². The van der Waals surface area contributed by atoms with E-state index in [0.717, 1.165) is 0 Å². The van der Waals surface area contributed by atoms with Gasteiger partial charge in [0.2, 0.25) is 0 Å². The predicted molar refractivity (Wildman–Crippen MR) is 107 cm³/mol. The zero-order valence-electron chi connectivity index (χ0n) is 15.3. The van der Waals surface area contributed by atoms with Gasteiger partial charge in [0.05, 0.1) is 16.8 Å². The second-order valence-electron chi connectivity index (χ2n) is 6.21. The molecule has 4 N–H and O–H groups in total. The highest BCUT2D eigenvalue weighted by Gasteiger charge is 2.33. The van der Waals surface area contributed by atoms with Crippen molar-refractivity contribution in [3.8, 4) is 0 Å². The minimum absolute atomic E-state index is 0.00337. The van der Waals surface area contributed by atoms with Gasteiger partial charge in [0, 0.05) is 17.8 Å². The molecule has 1 unspecified atom stereocenters. The van der Waals surface area contributed by atoms with Crippen molar-refractivity contribution in [1.29, 1.82) is 5.41 Å². The normalized spacial score (nSPS) is 13.0. The molecule has 0 saturated carbocycles. The van der Waals surface area contributed by atoms with E-state index in [-0.39, 0.29) is 17.8 Å². The van der Waals surface area contributed by atoms with E-state index in [2.05, 4.69) is 10.6 Å². The Hall–Kier alpha value is -2.84. The number of carbonyl (C=O) groups excluding carboxylic acids is 1. The lowest BCUT2D eigenvalue weighted by Gasteiger charge is -2.15. The van der Waals surface area contributed by atoms with E-state index in [1.807, 2.05) is 0 Å². The van der Waals surface area contributed by atoms with Crippen LogP contribution >= 0.6 is 11.6 Å². The number of anilines is 1. The van der Waals surface area contributed by atoms with Crippen molar-refractivity contribution >= 4 is 34.6 Å². The van der Waals surface area contributed by atoms with Crippen molar-refractivity contribution in [3.05, 3.63) is 70.8 Å². The van der Waals surface area contributed by atoms with E-state index in [1.54, 1.807) is 24.3 Å². The van der Waals surface area contributed by atoms with Crippen LogP contribution in [0, 0.1) is 5.41 Å². The second kappa shape index (κ2) is 9.58. The monoisotopic (exact) mass is 425 g/mol. The topological polar surface area (TPSA) is 85.2 Å². The smallest absolute Gasteiger partial charge is 0.392 e. The van der Waals surface area contributed by atoms with Crippen LogP contribution in [0.1, 0.15) is 22.8 Å². The molecule has 9 heteroatoms. The van der Waals surface area contributed by atoms with Gasteiger partial charge in [-0.2, -0.15) is 13.2 Å². The van der Waals surface area contributed by atoms with Gasteiger partial charge >= 0.3 is 6.18 Å². The van der Waals surface area contributed by atoms with Crippen LogP contribution < -0.4 is 10.6 Å². The van der Waals surface area contributed by atoms with E-state index in [9.17, 15) is 23.1 Å². The maximum atomic E-state index is 12.9. The number of aliphatic hydroxyl groups is 1. The van der Waals surface area contributed by atoms with Gasteiger partial charge in [-0.1, -0.05) is 35.9 Å². The van der Waals surface area contributed by atoms with Crippen LogP contribution in [-0.2, 0) is 0 Å². The fraction of sp³-hybridized carbons (Fsp3) is 0.200. The summed E-state index contributed by atoms with van der Waals surface area (Å²) in [6.07, 6.45) is -4.86. The number of para-hydroxylation sites is 1. The third-order valence-corrected chi connectivity index (χ3v) is 4.08. The van der Waals surface area contributed by atoms with E-state index in [1.165, 1.54) is 31.2 Å². The predicted octanol–water partition coefficient (Wildman–Crippen LogP) is 4.49. The third kappa shape index (κ3) is 6.62. The first-order valence-corrected chi connectivity index (χ1v) is 8.91. The number of rotatable bonds is 7. The number of alkyl halides is 3. The molecule has 0 aliphatic rings. The number of halogens is 4. The number of hydrogen-bond acceptors (Lipinski definition) is 4. The number of allylic oxidation sites excluding steroid dienone is 1. The SMILES string of the molecule is CC(O)CNC(=O)c1ccc(/C(=C/C(=N)C(F)(F)F)Nc2ccccc2Cl)cc1. The fourth-order valence-corrected chi connectivity index (χ4v) is 2.45. The van der Waals surface area contributed by atoms with Crippen LogP contribution in [0.25, 0.3) is 5.70 Å². The van der Waals surface area contributed by atoms with E-state index in [0.29, 0.717) is 22.3 Å². The maximum Gasteiger partial charge on any atom is 0.432 e. The van der Waals surface area contributed by atoms with Gasteiger partial charge in [-0.15, -0.1) is 0 Å². The number of nitrogens with one attached hydrogen (secondary N) is 3. The number of benzene rings is 2. The molecule has 0 heterocycles. The highest BCUT2D eigenvalue weighted by Crippen LogP contribution is 2.27. The Balaban J connectivity index is 2.33. The molecule has 0 aliphatic heterocycles. The summed E-state index contributed by atoms with van der Waals surface area (Å²) >= 11 is 6.07. The lowest BCUT2D eigenvalue weighted by atomic mass is 10.1. The van der Waals surface area contributed by atoms with Crippen molar-refractivity contribution in [1.82, 2.24) is 5.32 Å². The molecule has 1 amide bonds. The molecule has 0 radical (unpaired) electrons. The highest BCUT2D eigenvalue weighted by molar-refractivity contribution is 6.33. The Morgan fingerprint density at radius 2 is 1.76 bits per heavy atom. The zero-order chi connectivity index (χ0) is 21.6. The first-order chi connectivity index (χ1) is 13.6. The Labute approximate surface area is 170 Å². The standard InChI is InChI=1S/C20H19ClF3N3O2/c1-12(28)11-26-19(29)14-8-6-13(7-9-14)17(10-18(25)20(22,23)24)27-16-5-3-2-4-15(16)21/h2-10,12,25,27-28H,11H2,1H3,(H,26,29)/b17-10-,25-18?. The first-order valence-electron chi connectivity index (χ1n) is 8.53. The Bertz CT molecular complexity index is 910. The molecule has 2 aromatic rings. The quantitative estimate of drug-likeness (QED) is 0.493. The maximum absolute atomic E-state index is 12.9. The molecular weight excluding hydrogens is 407 g/mol. The highest BCUT2D eigenvalue weighted by atomic mass is 35.5. The molecule has 154 valence electrons. The van der Waals surface area contributed by atoms with Gasteiger partial charge in [-0.25, -0.2) is 0 Å². The van der Waals surface area contributed by atoms with Gasteiger partial charge < -0.3 is 15.7 Å². The number of aliphatic hydroxyl groups excluding tert-OH is 1. The summed E-state index contributed by atoms with van der Waals surface area (Å²) < 4.78 is 38.6. The summed E-state index contributed by atoms with van der Waals surface area (Å²) in [5.41, 5.74) is -0.570. The van der Waals surface area contributed by atoms with E-state index >= 15 is 0 Å². The number of amides is 1. The zero-order valence-corrected chi connectivity index (χ0v) is 16.1. The van der Waals surface area contributed by atoms with Crippen LogP contribution in [0.3, 0.4) is 0 Å². The van der Waals surface area contributed by atoms with Crippen LogP contribution in [0.4, 0.5) is 18.9 Å². The minimum atomic E-state index is -4.81. The number of carbonyl (C=O) groups is 1. The summed E-state index contributed by atoms with van der Waals surface area (Å²) in [5, 5.41) is 22.1. The molecule has 0 aliphatic carbocycles. The van der Waals surface area contributed by atoms with Crippen molar-refractivity contribution in [3.63, 3.8) is 0 Å². The summed E-state index contributed by atoms with van der Waals surface area (Å²) in [4.78, 5) is 12.0. The van der Waals surface area contributed by atoms with Gasteiger partial charge in [-0.05, 0) is 42.8 Å². The first kappa shape index (κ1) is 22.4. The van der Waals surface area contributed by atoms with Crippen molar-refractivity contribution < 1.29 is 23.1 Å². The third-order valence-electron chi connectivity index (χ3n) is 3.75. The average Bonchev–Trinajstić information content (AvgIpc) is 2.66. The van der Waals surface area contributed by atoms with Crippen LogP contribution in [0.15, 0.2) is 54.6 Å². The van der Waals surface area contributed by atoms with Gasteiger partial charge in [0.1, 0.15) is 5.71 Å². The van der Waals surface area contributed by atoms with E-state index in [4.69, 9.17) is 17.0 Å². The molecule has 2 aromatic carbocycles. The lowest BCUT2D eigenvalue weighted by molar-refractivity contribution is -0.0583. The molecule has 0 spiro atoms. The molecule has 1 atom stereocenters. The molecule has 2 rings (SSSR count). The van der Waals surface area contributed by atoms with Crippen molar-refractivity contribution in [2.24, 2.45) is 0 Å². The summed E-state index contributed by atoms with van der Waals surface area (Å²) in [5.74, 6) is -0.426. The van der Waals surface area contributed by atoms with Crippen molar-refractivity contribution in [2.45, 2.75) is 19.2 Å². The van der Waals surface area contributed by atoms with Crippen LogP contribution in [0.5, 0.6) is 0 Å². The van der Waals surface area contributed by atoms with Gasteiger partial charge in [0.25, 0.3) is 5.91 Å². The molecule has 29 heavy (non-hydrogen) atoms. The molecule has 5 nitrogen and oxygen atoms in total. The lowest BCUT2D eigenvalue weighted by Crippen LogP contribution is -2.30. The molecule has 0 aromatic heterocycles. The Morgan fingerprint density at radius 1 is 1.17 bits per heavy atom. The Kier molecular flexibility index (Phi) is 7.41. The van der Waals surface area contributed by atoms with Crippen LogP contribution in [-0.4, -0.2) is 35.6 Å². The number of hydrogen-bond donors (Lipinski definition) is 4. The molecule has 0 fully saturated rings. The molecule has 0 saturated heterocycles. The summed E-state index contributed by atoms with van der Waals surface area (Å²) in [6.45, 7) is 1.60. The second-order valence-corrected chi connectivity index (χ2v) is 6.62. The summed E-state index contributed by atoms with van der Waals surface area (Å²) in [6, 6.07) is 12.3. The largest absolute Gasteiger partial charge is 0.432 e. The Morgan fingerprint density at radius 3 is 2.31 bits per heavy atom. The summed E-state index contributed by atoms with van der Waals surface area (Å²) in [7, 11) is 0. The van der Waals surface area contributed by atoms with Gasteiger partial charge in [0.15, 0.2) is 0 Å². The fourth-order valence-electron chi connectivity index (χ4n) is 2.27. The van der Waals surface area contributed by atoms with Gasteiger partial charge in [-0.3, -0.25) is 10.2 Å². The molecular formula is C20H19ClF3N3O2. The molecule has 0 bridgehead atoms.